The first-order valence-electron chi connectivity index (χ1n) is 7.59. The number of hydrogen-bond donors (Lipinski definition) is 2. The van der Waals surface area contributed by atoms with E-state index in [1.165, 1.54) is 0 Å². The largest absolute Gasteiger partial charge is 0.348 e. The third-order valence-electron chi connectivity index (χ3n) is 4.01. The van der Waals surface area contributed by atoms with E-state index in [2.05, 4.69) is 27.7 Å². The smallest absolute Gasteiger partial charge is 0.258 e. The summed E-state index contributed by atoms with van der Waals surface area (Å²) in [6, 6.07) is 7.71. The summed E-state index contributed by atoms with van der Waals surface area (Å²) in [4.78, 5) is 16.8. The second kappa shape index (κ2) is 7.57. The van der Waals surface area contributed by atoms with Gasteiger partial charge >= 0.3 is 0 Å². The standard InChI is InChI=1S/C16H20N4O2.ClH/c1-10-14(8-5-9-17-10)19-15(21)12-6-3-4-7-13(12)16-18-11(2)20-22-16;/h3-4,6-7,10,14,17H,5,8-9H2,1-2H3,(H,19,21);1H. The molecule has 1 amide bonds. The van der Waals surface area contributed by atoms with Crippen LogP contribution in [0, 0.1) is 6.92 Å². The molecule has 1 aromatic carbocycles. The Morgan fingerprint density at radius 1 is 1.39 bits per heavy atom. The van der Waals surface area contributed by atoms with Gasteiger partial charge in [-0.2, -0.15) is 4.98 Å². The zero-order valence-corrected chi connectivity index (χ0v) is 14.0. The molecule has 7 heteroatoms. The van der Waals surface area contributed by atoms with Gasteiger partial charge in [0.1, 0.15) is 0 Å². The minimum absolute atomic E-state index is 0. The SMILES string of the molecule is Cc1noc(-c2ccccc2C(=O)NC2CCCNC2C)n1.Cl. The fourth-order valence-corrected chi connectivity index (χ4v) is 2.76. The molecule has 6 nitrogen and oxygen atoms in total. The van der Waals surface area contributed by atoms with Crippen LogP contribution in [0.1, 0.15) is 35.9 Å². The normalized spacial score (nSPS) is 20.6. The van der Waals surface area contributed by atoms with E-state index in [0.717, 1.165) is 19.4 Å². The van der Waals surface area contributed by atoms with E-state index in [-0.39, 0.29) is 30.4 Å². The molecule has 0 bridgehead atoms. The summed E-state index contributed by atoms with van der Waals surface area (Å²) < 4.78 is 5.20. The average Bonchev–Trinajstić information content (AvgIpc) is 2.96. The van der Waals surface area contributed by atoms with Gasteiger partial charge in [0, 0.05) is 12.1 Å². The Labute approximate surface area is 141 Å². The maximum Gasteiger partial charge on any atom is 0.258 e. The van der Waals surface area contributed by atoms with Gasteiger partial charge in [0.15, 0.2) is 5.82 Å². The summed E-state index contributed by atoms with van der Waals surface area (Å²) in [5.41, 5.74) is 1.22. The summed E-state index contributed by atoms with van der Waals surface area (Å²) in [7, 11) is 0. The van der Waals surface area contributed by atoms with Crippen molar-refractivity contribution < 1.29 is 9.32 Å². The second-order valence-corrected chi connectivity index (χ2v) is 5.66. The maximum absolute atomic E-state index is 12.6. The number of aryl methyl sites for hydroxylation is 1. The zero-order chi connectivity index (χ0) is 15.5. The molecule has 23 heavy (non-hydrogen) atoms. The summed E-state index contributed by atoms with van der Waals surface area (Å²) in [6.45, 7) is 4.85. The van der Waals surface area contributed by atoms with Gasteiger partial charge in [-0.3, -0.25) is 4.79 Å². The number of hydrogen-bond acceptors (Lipinski definition) is 5. The minimum Gasteiger partial charge on any atom is -0.348 e. The molecule has 2 aromatic rings. The molecule has 0 radical (unpaired) electrons. The Bertz CT molecular complexity index is 674. The molecule has 1 aromatic heterocycles. The van der Waals surface area contributed by atoms with Crippen LogP contribution in [-0.2, 0) is 0 Å². The van der Waals surface area contributed by atoms with Crippen LogP contribution in [-0.4, -0.2) is 34.7 Å². The van der Waals surface area contributed by atoms with E-state index < -0.39 is 0 Å². The molecule has 0 spiro atoms. The van der Waals surface area contributed by atoms with Crippen molar-refractivity contribution in [3.05, 3.63) is 35.7 Å². The number of carbonyl (C=O) groups excluding carboxylic acids is 1. The lowest BCUT2D eigenvalue weighted by molar-refractivity contribution is 0.0920. The first-order chi connectivity index (χ1) is 10.6. The lowest BCUT2D eigenvalue weighted by Gasteiger charge is -2.30. The molecular weight excluding hydrogens is 316 g/mol. The molecule has 0 aliphatic carbocycles. The van der Waals surface area contributed by atoms with Crippen molar-refractivity contribution in [2.75, 3.05) is 6.54 Å². The van der Waals surface area contributed by atoms with Gasteiger partial charge in [0.2, 0.25) is 0 Å². The minimum atomic E-state index is -0.105. The molecule has 0 saturated carbocycles. The highest BCUT2D eigenvalue weighted by molar-refractivity contribution is 6.00. The number of carbonyl (C=O) groups is 1. The van der Waals surface area contributed by atoms with Crippen molar-refractivity contribution in [2.45, 2.75) is 38.8 Å². The van der Waals surface area contributed by atoms with Crippen molar-refractivity contribution in [3.63, 3.8) is 0 Å². The van der Waals surface area contributed by atoms with Crippen LogP contribution >= 0.6 is 12.4 Å². The number of rotatable bonds is 3. The molecule has 2 heterocycles. The van der Waals surface area contributed by atoms with Crippen LogP contribution in [0.25, 0.3) is 11.5 Å². The van der Waals surface area contributed by atoms with Gasteiger partial charge < -0.3 is 15.2 Å². The highest BCUT2D eigenvalue weighted by atomic mass is 35.5. The number of amides is 1. The number of benzene rings is 1. The topological polar surface area (TPSA) is 80.0 Å². The first kappa shape index (κ1) is 17.4. The summed E-state index contributed by atoms with van der Waals surface area (Å²) in [5.74, 6) is 0.820. The quantitative estimate of drug-likeness (QED) is 0.899. The Morgan fingerprint density at radius 2 is 2.17 bits per heavy atom. The van der Waals surface area contributed by atoms with Gasteiger partial charge in [0.05, 0.1) is 11.1 Å². The number of nitrogens with one attached hydrogen (secondary N) is 2. The van der Waals surface area contributed by atoms with Gasteiger partial charge in [-0.15, -0.1) is 12.4 Å². The van der Waals surface area contributed by atoms with Crippen molar-refractivity contribution in [1.82, 2.24) is 20.8 Å². The van der Waals surface area contributed by atoms with E-state index in [4.69, 9.17) is 4.52 Å². The van der Waals surface area contributed by atoms with E-state index in [1.54, 1.807) is 13.0 Å². The van der Waals surface area contributed by atoms with E-state index in [9.17, 15) is 4.79 Å². The predicted molar refractivity (Wildman–Crippen MR) is 89.7 cm³/mol. The van der Waals surface area contributed by atoms with Crippen LogP contribution in [0.3, 0.4) is 0 Å². The molecule has 1 aliphatic heterocycles. The summed E-state index contributed by atoms with van der Waals surface area (Å²) in [6.07, 6.45) is 2.06. The van der Waals surface area contributed by atoms with Crippen LogP contribution < -0.4 is 10.6 Å². The van der Waals surface area contributed by atoms with Crippen LogP contribution in [0.2, 0.25) is 0 Å². The Hall–Kier alpha value is -1.92. The fourth-order valence-electron chi connectivity index (χ4n) is 2.76. The number of aromatic nitrogens is 2. The predicted octanol–water partition coefficient (Wildman–Crippen LogP) is 2.34. The van der Waals surface area contributed by atoms with Crippen LogP contribution in [0.4, 0.5) is 0 Å². The van der Waals surface area contributed by atoms with Gasteiger partial charge in [-0.1, -0.05) is 17.3 Å². The second-order valence-electron chi connectivity index (χ2n) is 5.66. The van der Waals surface area contributed by atoms with E-state index in [0.29, 0.717) is 22.8 Å². The monoisotopic (exact) mass is 336 g/mol. The zero-order valence-electron chi connectivity index (χ0n) is 13.2. The third kappa shape index (κ3) is 3.89. The number of nitrogens with zero attached hydrogens (tertiary/aromatic N) is 2. The Balaban J connectivity index is 0.00000192. The molecule has 1 saturated heterocycles. The molecule has 1 fully saturated rings. The van der Waals surface area contributed by atoms with Crippen molar-refractivity contribution in [3.8, 4) is 11.5 Å². The third-order valence-corrected chi connectivity index (χ3v) is 4.01. The van der Waals surface area contributed by atoms with E-state index in [1.807, 2.05) is 18.2 Å². The molecule has 1 aliphatic rings. The Morgan fingerprint density at radius 3 is 2.87 bits per heavy atom. The van der Waals surface area contributed by atoms with Crippen molar-refractivity contribution >= 4 is 18.3 Å². The maximum atomic E-state index is 12.6. The van der Waals surface area contributed by atoms with Gasteiger partial charge in [-0.05, 0) is 45.4 Å². The summed E-state index contributed by atoms with van der Waals surface area (Å²) >= 11 is 0. The molecule has 2 atom stereocenters. The van der Waals surface area contributed by atoms with Crippen LogP contribution in [0.5, 0.6) is 0 Å². The molecular formula is C16H21ClN4O2. The Kier molecular flexibility index (Phi) is 5.74. The molecule has 124 valence electrons. The van der Waals surface area contributed by atoms with Crippen LogP contribution in [0.15, 0.2) is 28.8 Å². The average molecular weight is 337 g/mol. The number of piperidine rings is 1. The molecule has 3 rings (SSSR count). The highest BCUT2D eigenvalue weighted by Crippen LogP contribution is 2.22. The van der Waals surface area contributed by atoms with E-state index >= 15 is 0 Å². The van der Waals surface area contributed by atoms with Crippen molar-refractivity contribution in [2.24, 2.45) is 0 Å². The fraction of sp³-hybridized carbons (Fsp3) is 0.438. The molecule has 2 unspecified atom stereocenters. The van der Waals surface area contributed by atoms with Gasteiger partial charge in [-0.25, -0.2) is 0 Å². The highest BCUT2D eigenvalue weighted by Gasteiger charge is 2.24. The summed E-state index contributed by atoms with van der Waals surface area (Å²) in [5, 5.41) is 10.3. The lowest BCUT2D eigenvalue weighted by atomic mass is 9.98. The number of halogens is 1. The van der Waals surface area contributed by atoms with Crippen molar-refractivity contribution in [1.29, 1.82) is 0 Å². The molecule has 2 N–H and O–H groups in total. The first-order valence-corrected chi connectivity index (χ1v) is 7.59. The lowest BCUT2D eigenvalue weighted by Crippen LogP contribution is -2.51. The van der Waals surface area contributed by atoms with Gasteiger partial charge in [0.25, 0.3) is 11.8 Å².